The molecule has 22 heavy (non-hydrogen) atoms. The molecular weight excluding hydrogens is 288 g/mol. The van der Waals surface area contributed by atoms with Gasteiger partial charge in [-0.15, -0.1) is 0 Å². The third-order valence-electron chi connectivity index (χ3n) is 4.31. The Morgan fingerprint density at radius 2 is 1.50 bits per heavy atom. The van der Waals surface area contributed by atoms with Crippen molar-refractivity contribution in [2.24, 2.45) is 0 Å². The van der Waals surface area contributed by atoms with E-state index in [1.807, 2.05) is 12.1 Å². The van der Waals surface area contributed by atoms with Crippen LogP contribution in [0.2, 0.25) is 5.02 Å². The number of fused-ring (bicyclic) bond motifs is 3. The summed E-state index contributed by atoms with van der Waals surface area (Å²) >= 11 is 6.02. The Labute approximate surface area is 135 Å². The molecular formula is C21H15Cl. The number of halogens is 1. The van der Waals surface area contributed by atoms with E-state index in [1.54, 1.807) is 0 Å². The van der Waals surface area contributed by atoms with Gasteiger partial charge >= 0.3 is 0 Å². The van der Waals surface area contributed by atoms with Crippen LogP contribution in [0.25, 0.3) is 27.8 Å². The maximum Gasteiger partial charge on any atom is 0.0406 e. The number of rotatable bonds is 1. The first kappa shape index (κ1) is 13.4. The Morgan fingerprint density at radius 3 is 2.27 bits per heavy atom. The van der Waals surface area contributed by atoms with Gasteiger partial charge in [0.05, 0.1) is 0 Å². The Morgan fingerprint density at radius 1 is 0.773 bits per heavy atom. The molecule has 0 spiro atoms. The lowest BCUT2D eigenvalue weighted by atomic mass is 9.94. The van der Waals surface area contributed by atoms with Crippen molar-refractivity contribution in [2.75, 3.05) is 0 Å². The fourth-order valence-corrected chi connectivity index (χ4v) is 3.38. The van der Waals surface area contributed by atoms with E-state index >= 15 is 0 Å². The van der Waals surface area contributed by atoms with Crippen molar-refractivity contribution in [1.82, 2.24) is 0 Å². The van der Waals surface area contributed by atoms with E-state index < -0.39 is 0 Å². The van der Waals surface area contributed by atoms with Crippen molar-refractivity contribution in [3.05, 3.63) is 89.0 Å². The van der Waals surface area contributed by atoms with Gasteiger partial charge in [-0.1, -0.05) is 72.3 Å². The standard InChI is InChI=1S/C21H15Cl/c1-13-6-11-18-19-5-3-4-17(15-7-9-16(22)10-8-15)21(19)14(2)20(18)12-13/h3-12H,2H2,1H3. The highest BCUT2D eigenvalue weighted by Crippen LogP contribution is 2.47. The molecule has 0 saturated carbocycles. The van der Waals surface area contributed by atoms with E-state index in [4.69, 9.17) is 11.6 Å². The topological polar surface area (TPSA) is 0 Å². The summed E-state index contributed by atoms with van der Waals surface area (Å²) in [6, 6.07) is 21.1. The molecule has 1 aliphatic carbocycles. The van der Waals surface area contributed by atoms with Crippen molar-refractivity contribution < 1.29 is 0 Å². The second-order valence-corrected chi connectivity index (χ2v) is 6.20. The molecule has 1 heteroatoms. The molecule has 3 aromatic carbocycles. The minimum Gasteiger partial charge on any atom is -0.0905 e. The Kier molecular flexibility index (Phi) is 2.95. The summed E-state index contributed by atoms with van der Waals surface area (Å²) in [5.41, 5.74) is 9.80. The highest BCUT2D eigenvalue weighted by molar-refractivity contribution is 6.30. The summed E-state index contributed by atoms with van der Waals surface area (Å²) in [4.78, 5) is 0. The fraction of sp³-hybridized carbons (Fsp3) is 0.0476. The average molecular weight is 303 g/mol. The number of aryl methyl sites for hydroxylation is 1. The highest BCUT2D eigenvalue weighted by Gasteiger charge is 2.24. The van der Waals surface area contributed by atoms with Crippen LogP contribution in [0.3, 0.4) is 0 Å². The van der Waals surface area contributed by atoms with E-state index in [0.717, 1.165) is 10.6 Å². The Bertz CT molecular complexity index is 902. The first-order valence-corrected chi connectivity index (χ1v) is 7.72. The summed E-state index contributed by atoms with van der Waals surface area (Å²) in [7, 11) is 0. The molecule has 0 fully saturated rings. The van der Waals surface area contributed by atoms with Crippen LogP contribution in [-0.4, -0.2) is 0 Å². The molecule has 3 aromatic rings. The largest absolute Gasteiger partial charge is 0.0905 e. The first-order valence-electron chi connectivity index (χ1n) is 7.35. The lowest BCUT2D eigenvalue weighted by Gasteiger charge is -2.10. The molecule has 1 aliphatic rings. The molecule has 0 N–H and O–H groups in total. The fourth-order valence-electron chi connectivity index (χ4n) is 3.25. The Hall–Kier alpha value is -2.31. The molecule has 0 nitrogen and oxygen atoms in total. The van der Waals surface area contributed by atoms with E-state index in [-0.39, 0.29) is 0 Å². The lowest BCUT2D eigenvalue weighted by molar-refractivity contribution is 1.46. The predicted octanol–water partition coefficient (Wildman–Crippen LogP) is 6.36. The van der Waals surface area contributed by atoms with Gasteiger partial charge in [-0.05, 0) is 58.0 Å². The number of benzene rings is 3. The molecule has 0 aromatic heterocycles. The second kappa shape index (κ2) is 4.86. The first-order chi connectivity index (χ1) is 10.6. The summed E-state index contributed by atoms with van der Waals surface area (Å²) < 4.78 is 0. The SMILES string of the molecule is C=C1c2cc(C)ccc2-c2cccc(-c3ccc(Cl)cc3)c21. The van der Waals surface area contributed by atoms with Crippen molar-refractivity contribution in [2.45, 2.75) is 6.92 Å². The molecule has 0 radical (unpaired) electrons. The zero-order valence-electron chi connectivity index (χ0n) is 12.4. The van der Waals surface area contributed by atoms with Crippen LogP contribution in [0.1, 0.15) is 16.7 Å². The molecule has 106 valence electrons. The molecule has 0 bridgehead atoms. The van der Waals surface area contributed by atoms with Crippen molar-refractivity contribution in [1.29, 1.82) is 0 Å². The monoisotopic (exact) mass is 302 g/mol. The number of hydrogen-bond acceptors (Lipinski definition) is 0. The molecule has 0 saturated heterocycles. The number of hydrogen-bond donors (Lipinski definition) is 0. The molecule has 0 atom stereocenters. The Balaban J connectivity index is 1.97. The maximum atomic E-state index is 6.02. The highest BCUT2D eigenvalue weighted by atomic mass is 35.5. The lowest BCUT2D eigenvalue weighted by Crippen LogP contribution is -1.86. The van der Waals surface area contributed by atoms with Gasteiger partial charge in [0.15, 0.2) is 0 Å². The second-order valence-electron chi connectivity index (χ2n) is 5.76. The summed E-state index contributed by atoms with van der Waals surface area (Å²) in [6.07, 6.45) is 0. The third kappa shape index (κ3) is 1.92. The van der Waals surface area contributed by atoms with Crippen molar-refractivity contribution >= 4 is 17.2 Å². The van der Waals surface area contributed by atoms with Gasteiger partial charge in [0.1, 0.15) is 0 Å². The van der Waals surface area contributed by atoms with Crippen LogP contribution in [0, 0.1) is 6.92 Å². The zero-order chi connectivity index (χ0) is 15.3. The predicted molar refractivity (Wildman–Crippen MR) is 95.2 cm³/mol. The van der Waals surface area contributed by atoms with Crippen LogP contribution in [-0.2, 0) is 0 Å². The van der Waals surface area contributed by atoms with Crippen LogP contribution >= 0.6 is 11.6 Å². The van der Waals surface area contributed by atoms with E-state index in [2.05, 4.69) is 62.0 Å². The normalized spacial score (nSPS) is 12.2. The van der Waals surface area contributed by atoms with Gasteiger partial charge in [-0.25, -0.2) is 0 Å². The minimum atomic E-state index is 0.758. The molecule has 0 unspecified atom stereocenters. The zero-order valence-corrected chi connectivity index (χ0v) is 13.1. The molecule has 0 aliphatic heterocycles. The van der Waals surface area contributed by atoms with Crippen molar-refractivity contribution in [3.63, 3.8) is 0 Å². The summed E-state index contributed by atoms with van der Waals surface area (Å²) in [6.45, 7) is 6.48. The summed E-state index contributed by atoms with van der Waals surface area (Å²) in [5, 5.41) is 0.758. The minimum absolute atomic E-state index is 0.758. The third-order valence-corrected chi connectivity index (χ3v) is 4.56. The van der Waals surface area contributed by atoms with Crippen LogP contribution < -0.4 is 0 Å². The van der Waals surface area contributed by atoms with Crippen LogP contribution in [0.4, 0.5) is 0 Å². The van der Waals surface area contributed by atoms with Crippen LogP contribution in [0.15, 0.2) is 67.2 Å². The van der Waals surface area contributed by atoms with Gasteiger partial charge in [-0.3, -0.25) is 0 Å². The molecule has 4 rings (SSSR count). The van der Waals surface area contributed by atoms with E-state index in [1.165, 1.54) is 38.9 Å². The summed E-state index contributed by atoms with van der Waals surface area (Å²) in [5.74, 6) is 0. The molecule has 0 amide bonds. The van der Waals surface area contributed by atoms with Gasteiger partial charge < -0.3 is 0 Å². The average Bonchev–Trinajstić information content (AvgIpc) is 2.81. The van der Waals surface area contributed by atoms with E-state index in [0.29, 0.717) is 0 Å². The van der Waals surface area contributed by atoms with Gasteiger partial charge in [0.2, 0.25) is 0 Å². The quantitative estimate of drug-likeness (QED) is 0.384. The van der Waals surface area contributed by atoms with E-state index in [9.17, 15) is 0 Å². The van der Waals surface area contributed by atoms with Gasteiger partial charge in [0.25, 0.3) is 0 Å². The van der Waals surface area contributed by atoms with Crippen molar-refractivity contribution in [3.8, 4) is 22.3 Å². The van der Waals surface area contributed by atoms with Crippen LogP contribution in [0.5, 0.6) is 0 Å². The molecule has 0 heterocycles. The van der Waals surface area contributed by atoms with Gasteiger partial charge in [0, 0.05) is 5.02 Å². The smallest absolute Gasteiger partial charge is 0.0406 e. The van der Waals surface area contributed by atoms with Gasteiger partial charge in [-0.2, -0.15) is 0 Å². The maximum absolute atomic E-state index is 6.02.